The van der Waals surface area contributed by atoms with Crippen molar-refractivity contribution in [1.29, 1.82) is 0 Å². The van der Waals surface area contributed by atoms with Gasteiger partial charge in [-0.15, -0.1) is 0 Å². The number of carbonyl (C=O) groups excluding carboxylic acids is 4. The molecule has 10 nitrogen and oxygen atoms in total. The topological polar surface area (TPSA) is 130 Å². The molecule has 10 heteroatoms. The molecule has 0 spiro atoms. The lowest BCUT2D eigenvalue weighted by atomic mass is 9.99. The van der Waals surface area contributed by atoms with Crippen LogP contribution in [0.15, 0.2) is 36.5 Å². The molecule has 162 valence electrons. The first kappa shape index (κ1) is 20.9. The van der Waals surface area contributed by atoms with Crippen LogP contribution in [0, 0.1) is 11.8 Å². The number of nitrogens with zero attached hydrogens (tertiary/aromatic N) is 2. The summed E-state index contributed by atoms with van der Waals surface area (Å²) in [6.07, 6.45) is 1.39. The SMILES string of the molecule is CNC(=O)c1ccc(C#C[C@]2(CN3Cc4ccc(OC)cc4C3=O)NC(=O)NC2=O)cn1. The number of carbonyl (C=O) groups is 4. The molecule has 0 saturated carbocycles. The molecule has 3 N–H and O–H groups in total. The molecule has 4 rings (SSSR count). The van der Waals surface area contributed by atoms with Crippen molar-refractivity contribution < 1.29 is 23.9 Å². The third-order valence-corrected chi connectivity index (χ3v) is 5.21. The fourth-order valence-electron chi connectivity index (χ4n) is 3.52. The molecule has 1 aromatic heterocycles. The number of ether oxygens (including phenoxy) is 1. The minimum Gasteiger partial charge on any atom is -0.497 e. The zero-order valence-corrected chi connectivity index (χ0v) is 17.3. The number of imide groups is 1. The molecule has 2 aliphatic heterocycles. The van der Waals surface area contributed by atoms with E-state index in [1.165, 1.54) is 31.3 Å². The van der Waals surface area contributed by atoms with E-state index in [4.69, 9.17) is 4.74 Å². The van der Waals surface area contributed by atoms with Crippen LogP contribution in [0.2, 0.25) is 0 Å². The second-order valence-corrected chi connectivity index (χ2v) is 7.26. The van der Waals surface area contributed by atoms with E-state index in [1.54, 1.807) is 24.3 Å². The maximum atomic E-state index is 12.9. The quantitative estimate of drug-likeness (QED) is 0.461. The van der Waals surface area contributed by atoms with Crippen LogP contribution in [0.3, 0.4) is 0 Å². The predicted octanol–water partition coefficient (Wildman–Crippen LogP) is 0.0355. The van der Waals surface area contributed by atoms with E-state index in [0.717, 1.165) is 5.56 Å². The van der Waals surface area contributed by atoms with Gasteiger partial charge in [-0.3, -0.25) is 19.7 Å². The van der Waals surface area contributed by atoms with Crippen molar-refractivity contribution in [1.82, 2.24) is 25.8 Å². The van der Waals surface area contributed by atoms with Crippen LogP contribution in [-0.2, 0) is 11.3 Å². The standard InChI is InChI=1S/C22H19N5O5/c1-23-18(28)17-6-3-13(10-24-17)7-8-22(20(30)25-21(31)26-22)12-27-11-14-4-5-15(32-2)9-16(14)19(27)29/h3-6,9-10H,11-12H2,1-2H3,(H,23,28)(H2,25,26,30,31)/t22-/m1/s1. The molecule has 32 heavy (non-hydrogen) atoms. The van der Waals surface area contributed by atoms with Crippen molar-refractivity contribution >= 4 is 23.8 Å². The average molecular weight is 433 g/mol. The Balaban J connectivity index is 1.61. The summed E-state index contributed by atoms with van der Waals surface area (Å²) < 4.78 is 5.18. The third kappa shape index (κ3) is 3.72. The minimum atomic E-state index is -1.63. The fraction of sp³-hybridized carbons (Fsp3) is 0.227. The van der Waals surface area contributed by atoms with Gasteiger partial charge < -0.3 is 20.3 Å². The molecule has 1 atom stereocenters. The number of methoxy groups -OCH3 is 1. The van der Waals surface area contributed by atoms with Gasteiger partial charge in [0.15, 0.2) is 0 Å². The molecule has 0 unspecified atom stereocenters. The van der Waals surface area contributed by atoms with Gasteiger partial charge in [0.05, 0.1) is 13.7 Å². The largest absolute Gasteiger partial charge is 0.497 e. The van der Waals surface area contributed by atoms with E-state index in [9.17, 15) is 19.2 Å². The molecular weight excluding hydrogens is 414 g/mol. The van der Waals surface area contributed by atoms with Crippen LogP contribution >= 0.6 is 0 Å². The first-order valence-electron chi connectivity index (χ1n) is 9.66. The highest BCUT2D eigenvalue weighted by atomic mass is 16.5. The Kier molecular flexibility index (Phi) is 5.24. The molecular formula is C22H19N5O5. The molecule has 3 heterocycles. The second-order valence-electron chi connectivity index (χ2n) is 7.26. The van der Waals surface area contributed by atoms with Crippen LogP contribution in [0.25, 0.3) is 0 Å². The van der Waals surface area contributed by atoms with Crippen LogP contribution < -0.4 is 20.7 Å². The molecule has 0 bridgehead atoms. The van der Waals surface area contributed by atoms with Crippen molar-refractivity contribution in [3.8, 4) is 17.6 Å². The maximum Gasteiger partial charge on any atom is 0.323 e. The number of fused-ring (bicyclic) bond motifs is 1. The molecule has 0 aliphatic carbocycles. The van der Waals surface area contributed by atoms with E-state index in [2.05, 4.69) is 32.8 Å². The van der Waals surface area contributed by atoms with Gasteiger partial charge in [-0.2, -0.15) is 0 Å². The Morgan fingerprint density at radius 3 is 2.72 bits per heavy atom. The predicted molar refractivity (Wildman–Crippen MR) is 112 cm³/mol. The summed E-state index contributed by atoms with van der Waals surface area (Å²) >= 11 is 0. The number of benzene rings is 1. The van der Waals surface area contributed by atoms with Crippen LogP contribution in [0.4, 0.5) is 4.79 Å². The third-order valence-electron chi connectivity index (χ3n) is 5.21. The fourth-order valence-corrected chi connectivity index (χ4v) is 3.52. The lowest BCUT2D eigenvalue weighted by Crippen LogP contribution is -2.54. The number of hydrogen-bond acceptors (Lipinski definition) is 6. The zero-order chi connectivity index (χ0) is 22.9. The van der Waals surface area contributed by atoms with Gasteiger partial charge in [0.25, 0.3) is 17.7 Å². The molecule has 1 fully saturated rings. The van der Waals surface area contributed by atoms with E-state index < -0.39 is 17.5 Å². The monoisotopic (exact) mass is 433 g/mol. The summed E-state index contributed by atoms with van der Waals surface area (Å²) in [5.74, 6) is 4.89. The minimum absolute atomic E-state index is 0.142. The van der Waals surface area contributed by atoms with Gasteiger partial charge in [0.2, 0.25) is 5.54 Å². The lowest BCUT2D eigenvalue weighted by molar-refractivity contribution is -0.122. The van der Waals surface area contributed by atoms with E-state index in [1.807, 2.05) is 0 Å². The van der Waals surface area contributed by atoms with Crippen molar-refractivity contribution in [3.05, 3.63) is 58.9 Å². The Morgan fingerprint density at radius 2 is 2.09 bits per heavy atom. The van der Waals surface area contributed by atoms with Crippen LogP contribution in [0.1, 0.15) is 32.0 Å². The number of pyridine rings is 1. The molecule has 1 aromatic carbocycles. The highest BCUT2D eigenvalue weighted by Crippen LogP contribution is 2.28. The molecule has 2 aromatic rings. The highest BCUT2D eigenvalue weighted by molar-refractivity contribution is 6.10. The van der Waals surface area contributed by atoms with Gasteiger partial charge in [0.1, 0.15) is 11.4 Å². The first-order valence-corrected chi connectivity index (χ1v) is 9.66. The number of rotatable bonds is 4. The first-order chi connectivity index (χ1) is 15.3. The number of urea groups is 1. The number of nitrogens with one attached hydrogen (secondary N) is 3. The summed E-state index contributed by atoms with van der Waals surface area (Å²) in [4.78, 5) is 54.6. The summed E-state index contributed by atoms with van der Waals surface area (Å²) in [7, 11) is 3.01. The van der Waals surface area contributed by atoms with E-state index in [0.29, 0.717) is 16.9 Å². The smallest absolute Gasteiger partial charge is 0.323 e. The van der Waals surface area contributed by atoms with Gasteiger partial charge in [-0.25, -0.2) is 9.78 Å². The summed E-state index contributed by atoms with van der Waals surface area (Å²) in [5, 5.41) is 7.20. The van der Waals surface area contributed by atoms with Crippen molar-refractivity contribution in [2.75, 3.05) is 20.7 Å². The maximum absolute atomic E-state index is 12.9. The summed E-state index contributed by atoms with van der Waals surface area (Å²) in [5.41, 5.74) is 0.296. The van der Waals surface area contributed by atoms with Gasteiger partial charge >= 0.3 is 6.03 Å². The zero-order valence-electron chi connectivity index (χ0n) is 17.3. The second kappa shape index (κ2) is 8.03. The van der Waals surface area contributed by atoms with Crippen molar-refractivity contribution in [2.24, 2.45) is 0 Å². The summed E-state index contributed by atoms with van der Waals surface area (Å²) in [6, 6.07) is 7.57. The molecule has 1 saturated heterocycles. The van der Waals surface area contributed by atoms with Gasteiger partial charge in [-0.1, -0.05) is 17.9 Å². The molecule has 5 amide bonds. The van der Waals surface area contributed by atoms with Gasteiger partial charge in [-0.05, 0) is 29.8 Å². The lowest BCUT2D eigenvalue weighted by Gasteiger charge is -2.26. The number of aromatic nitrogens is 1. The number of amides is 5. The highest BCUT2D eigenvalue weighted by Gasteiger charge is 2.48. The van der Waals surface area contributed by atoms with E-state index in [-0.39, 0.29) is 30.6 Å². The summed E-state index contributed by atoms with van der Waals surface area (Å²) in [6.45, 7) is 0.129. The number of hydrogen-bond donors (Lipinski definition) is 3. The Morgan fingerprint density at radius 1 is 1.28 bits per heavy atom. The Labute approximate surface area is 183 Å². The Hall–Kier alpha value is -4.39. The molecule has 0 radical (unpaired) electrons. The Bertz CT molecular complexity index is 1200. The molecule has 2 aliphatic rings. The van der Waals surface area contributed by atoms with Crippen molar-refractivity contribution in [2.45, 2.75) is 12.1 Å². The normalized spacial score (nSPS) is 18.9. The van der Waals surface area contributed by atoms with Gasteiger partial charge in [0, 0.05) is 30.9 Å². The van der Waals surface area contributed by atoms with Crippen molar-refractivity contribution in [3.63, 3.8) is 0 Å². The van der Waals surface area contributed by atoms with E-state index >= 15 is 0 Å². The van der Waals surface area contributed by atoms with Crippen LogP contribution in [-0.4, -0.2) is 59.9 Å². The van der Waals surface area contributed by atoms with Crippen LogP contribution in [0.5, 0.6) is 5.75 Å². The average Bonchev–Trinajstić information content (AvgIpc) is 3.26.